The molecule has 2 aromatic carbocycles. The third-order valence-corrected chi connectivity index (χ3v) is 7.09. The van der Waals surface area contributed by atoms with Crippen LogP contribution in [0.4, 0.5) is 5.13 Å². The summed E-state index contributed by atoms with van der Waals surface area (Å²) in [7, 11) is -3.94. The molecular weight excluding hydrogens is 475 g/mol. The van der Waals surface area contributed by atoms with Crippen LogP contribution in [0.1, 0.15) is 15.9 Å². The first-order valence-electron chi connectivity index (χ1n) is 8.30. The highest BCUT2D eigenvalue weighted by atomic mass is 35.5. The molecule has 0 saturated heterocycles. The first-order chi connectivity index (χ1) is 14.3. The van der Waals surface area contributed by atoms with Gasteiger partial charge in [-0.15, -0.1) is 10.2 Å². The van der Waals surface area contributed by atoms with Gasteiger partial charge in [-0.05, 0) is 35.9 Å². The zero-order valence-corrected chi connectivity index (χ0v) is 18.0. The average Bonchev–Trinajstić information content (AvgIpc) is 3.35. The number of fused-ring (bicyclic) bond motifs is 1. The van der Waals surface area contributed by atoms with Crippen LogP contribution in [0.2, 0.25) is 10.0 Å². The van der Waals surface area contributed by atoms with E-state index in [4.69, 9.17) is 32.7 Å². The Morgan fingerprint density at radius 1 is 1.10 bits per heavy atom. The van der Waals surface area contributed by atoms with E-state index < -0.39 is 15.9 Å². The van der Waals surface area contributed by atoms with Crippen molar-refractivity contribution < 1.29 is 22.7 Å². The molecule has 156 valence electrons. The predicted octanol–water partition coefficient (Wildman–Crippen LogP) is 3.30. The van der Waals surface area contributed by atoms with Gasteiger partial charge in [0.2, 0.25) is 16.3 Å². The quantitative estimate of drug-likeness (QED) is 0.512. The third kappa shape index (κ3) is 4.50. The monoisotopic (exact) mass is 486 g/mol. The van der Waals surface area contributed by atoms with Gasteiger partial charge >= 0.3 is 0 Å². The minimum Gasteiger partial charge on any atom is -0.454 e. The van der Waals surface area contributed by atoms with Crippen molar-refractivity contribution in [3.63, 3.8) is 0 Å². The molecule has 3 aromatic rings. The summed E-state index contributed by atoms with van der Waals surface area (Å²) in [5, 5.41) is 10.4. The number of sulfonamides is 1. The molecule has 9 nitrogen and oxygen atoms in total. The largest absolute Gasteiger partial charge is 0.454 e. The molecule has 4 rings (SSSR count). The molecule has 0 aliphatic carbocycles. The molecule has 0 fully saturated rings. The minimum absolute atomic E-state index is 0.00877. The lowest BCUT2D eigenvalue weighted by atomic mass is 10.2. The second-order valence-corrected chi connectivity index (χ2v) is 9.73. The topological polar surface area (TPSA) is 120 Å². The first-order valence-corrected chi connectivity index (χ1v) is 11.4. The standard InChI is InChI=1S/C17H12Cl2N4O5S2/c18-10-2-3-11(12(19)6-10)15(24)21-16-22-23-17(29-16)30(25,26)20-7-9-1-4-13-14(5-9)28-8-27-13/h1-6,20H,7-8H2,(H,21,22,24). The lowest BCUT2D eigenvalue weighted by molar-refractivity contribution is 0.102. The van der Waals surface area contributed by atoms with Crippen LogP contribution in [0.3, 0.4) is 0 Å². The van der Waals surface area contributed by atoms with Crippen LogP contribution in [0.15, 0.2) is 40.7 Å². The molecule has 13 heteroatoms. The SMILES string of the molecule is O=C(Nc1nnc(S(=O)(=O)NCc2ccc3c(c2)OCO3)s1)c1ccc(Cl)cc1Cl. The van der Waals surface area contributed by atoms with Crippen molar-refractivity contribution in [2.24, 2.45) is 0 Å². The number of nitrogens with one attached hydrogen (secondary N) is 2. The lowest BCUT2D eigenvalue weighted by Gasteiger charge is -2.05. The number of aromatic nitrogens is 2. The molecule has 0 spiro atoms. The van der Waals surface area contributed by atoms with Crippen LogP contribution in [0, 0.1) is 0 Å². The maximum Gasteiger partial charge on any atom is 0.270 e. The number of hydrogen-bond acceptors (Lipinski definition) is 8. The molecule has 0 bridgehead atoms. The van der Waals surface area contributed by atoms with Gasteiger partial charge in [0, 0.05) is 11.6 Å². The normalized spacial score (nSPS) is 12.7. The van der Waals surface area contributed by atoms with E-state index in [1.165, 1.54) is 18.2 Å². The Morgan fingerprint density at radius 3 is 2.70 bits per heavy atom. The summed E-state index contributed by atoms with van der Waals surface area (Å²) in [6.45, 7) is 0.145. The van der Waals surface area contributed by atoms with Gasteiger partial charge in [-0.3, -0.25) is 10.1 Å². The van der Waals surface area contributed by atoms with Crippen LogP contribution >= 0.6 is 34.5 Å². The van der Waals surface area contributed by atoms with E-state index in [0.717, 1.165) is 0 Å². The van der Waals surface area contributed by atoms with Crippen molar-refractivity contribution in [3.05, 3.63) is 57.6 Å². The molecule has 2 heterocycles. The van der Waals surface area contributed by atoms with Crippen molar-refractivity contribution in [2.75, 3.05) is 12.1 Å². The average molecular weight is 487 g/mol. The van der Waals surface area contributed by atoms with Crippen molar-refractivity contribution in [1.29, 1.82) is 0 Å². The van der Waals surface area contributed by atoms with E-state index >= 15 is 0 Å². The molecule has 0 unspecified atom stereocenters. The second kappa shape index (κ2) is 8.36. The number of rotatable bonds is 6. The summed E-state index contributed by atoms with van der Waals surface area (Å²) < 4.78 is 37.6. The molecular formula is C17H12Cl2N4O5S2. The van der Waals surface area contributed by atoms with E-state index in [1.54, 1.807) is 18.2 Å². The van der Waals surface area contributed by atoms with E-state index in [9.17, 15) is 13.2 Å². The summed E-state index contributed by atoms with van der Waals surface area (Å²) in [5.41, 5.74) is 0.847. The fourth-order valence-corrected chi connectivity index (χ4v) is 4.95. The molecule has 1 aliphatic heterocycles. The van der Waals surface area contributed by atoms with Crippen LogP contribution in [-0.4, -0.2) is 31.3 Å². The van der Waals surface area contributed by atoms with E-state index in [2.05, 4.69) is 20.2 Å². The van der Waals surface area contributed by atoms with E-state index in [1.807, 2.05) is 0 Å². The van der Waals surface area contributed by atoms with Crippen molar-refractivity contribution >= 4 is 55.6 Å². The zero-order chi connectivity index (χ0) is 21.3. The molecule has 1 amide bonds. The number of carbonyl (C=O) groups excluding carboxylic acids is 1. The number of anilines is 1. The van der Waals surface area contributed by atoms with Crippen molar-refractivity contribution in [1.82, 2.24) is 14.9 Å². The number of nitrogens with zero attached hydrogens (tertiary/aromatic N) is 2. The Labute approximate surface area is 185 Å². The van der Waals surface area contributed by atoms with Gasteiger partial charge in [0.05, 0.1) is 10.6 Å². The summed E-state index contributed by atoms with van der Waals surface area (Å²) in [6, 6.07) is 9.49. The maximum atomic E-state index is 12.5. The van der Waals surface area contributed by atoms with Crippen molar-refractivity contribution in [2.45, 2.75) is 10.9 Å². The van der Waals surface area contributed by atoms with Gasteiger partial charge in [0.1, 0.15) is 0 Å². The van der Waals surface area contributed by atoms with Crippen LogP contribution in [-0.2, 0) is 16.6 Å². The molecule has 0 saturated carbocycles. The Hall–Kier alpha value is -2.44. The van der Waals surface area contributed by atoms with Gasteiger partial charge in [0.15, 0.2) is 11.5 Å². The lowest BCUT2D eigenvalue weighted by Crippen LogP contribution is -2.23. The number of benzene rings is 2. The number of amides is 1. The number of ether oxygens (including phenoxy) is 2. The number of carbonyl (C=O) groups is 1. The Morgan fingerprint density at radius 2 is 1.90 bits per heavy atom. The second-order valence-electron chi connectivity index (χ2n) is 5.96. The summed E-state index contributed by atoms with van der Waals surface area (Å²) >= 11 is 12.5. The minimum atomic E-state index is -3.94. The van der Waals surface area contributed by atoms with Gasteiger partial charge < -0.3 is 9.47 Å². The molecule has 1 aliphatic rings. The van der Waals surface area contributed by atoms with Crippen LogP contribution in [0.25, 0.3) is 0 Å². The third-order valence-electron chi connectivity index (χ3n) is 3.94. The predicted molar refractivity (Wildman–Crippen MR) is 111 cm³/mol. The summed E-state index contributed by atoms with van der Waals surface area (Å²) in [5.74, 6) is 0.588. The molecule has 0 radical (unpaired) electrons. The van der Waals surface area contributed by atoms with Gasteiger partial charge in [0.25, 0.3) is 15.9 Å². The smallest absolute Gasteiger partial charge is 0.270 e. The first kappa shape index (κ1) is 20.8. The van der Waals surface area contributed by atoms with Gasteiger partial charge in [-0.1, -0.05) is 40.6 Å². The van der Waals surface area contributed by atoms with Crippen LogP contribution < -0.4 is 19.5 Å². The Kier molecular flexibility index (Phi) is 5.80. The number of hydrogen-bond donors (Lipinski definition) is 2. The highest BCUT2D eigenvalue weighted by Crippen LogP contribution is 2.32. The van der Waals surface area contributed by atoms with Gasteiger partial charge in [-0.25, -0.2) is 13.1 Å². The highest BCUT2D eigenvalue weighted by Gasteiger charge is 2.22. The van der Waals surface area contributed by atoms with Crippen molar-refractivity contribution in [3.8, 4) is 11.5 Å². The highest BCUT2D eigenvalue weighted by molar-refractivity contribution is 7.91. The van der Waals surface area contributed by atoms with E-state index in [0.29, 0.717) is 33.4 Å². The fourth-order valence-electron chi connectivity index (χ4n) is 2.50. The zero-order valence-electron chi connectivity index (χ0n) is 14.9. The molecule has 30 heavy (non-hydrogen) atoms. The molecule has 0 atom stereocenters. The van der Waals surface area contributed by atoms with Crippen LogP contribution in [0.5, 0.6) is 11.5 Å². The number of halogens is 2. The molecule has 1 aromatic heterocycles. The maximum absolute atomic E-state index is 12.5. The molecule has 2 N–H and O–H groups in total. The van der Waals surface area contributed by atoms with Gasteiger partial charge in [-0.2, -0.15) is 0 Å². The summed E-state index contributed by atoms with van der Waals surface area (Å²) in [4.78, 5) is 12.3. The Bertz CT molecular complexity index is 1230. The summed E-state index contributed by atoms with van der Waals surface area (Å²) in [6.07, 6.45) is 0. The van der Waals surface area contributed by atoms with E-state index in [-0.39, 0.29) is 33.4 Å². The fraction of sp³-hybridized carbons (Fsp3) is 0.118. The Balaban J connectivity index is 1.42.